The van der Waals surface area contributed by atoms with Gasteiger partial charge in [-0.2, -0.15) is 4.68 Å². The van der Waals surface area contributed by atoms with Gasteiger partial charge in [-0.05, 0) is 40.3 Å². The van der Waals surface area contributed by atoms with Crippen LogP contribution in [-0.4, -0.2) is 69.2 Å². The number of nitrogens with zero attached hydrogens (tertiary/aromatic N) is 6. The average Bonchev–Trinajstić information content (AvgIpc) is 3.23. The van der Waals surface area contributed by atoms with Gasteiger partial charge in [-0.1, -0.05) is 30.3 Å². The first-order valence-corrected chi connectivity index (χ1v) is 9.68. The molecule has 0 N–H and O–H groups in total. The van der Waals surface area contributed by atoms with Gasteiger partial charge in [0.15, 0.2) is 5.82 Å². The summed E-state index contributed by atoms with van der Waals surface area (Å²) >= 11 is 0. The van der Waals surface area contributed by atoms with Gasteiger partial charge in [-0.3, -0.25) is 9.69 Å². The quantitative estimate of drug-likeness (QED) is 0.634. The number of rotatable bonds is 6. The minimum Gasteiger partial charge on any atom is -0.497 e. The van der Waals surface area contributed by atoms with E-state index in [1.54, 1.807) is 11.8 Å². The van der Waals surface area contributed by atoms with Crippen LogP contribution < -0.4 is 4.74 Å². The van der Waals surface area contributed by atoms with Crippen molar-refractivity contribution in [3.63, 3.8) is 0 Å². The van der Waals surface area contributed by atoms with Crippen molar-refractivity contribution in [2.24, 2.45) is 0 Å². The molecule has 0 aliphatic carbocycles. The molecule has 1 saturated heterocycles. The maximum Gasteiger partial charge on any atom is 0.227 e. The van der Waals surface area contributed by atoms with Gasteiger partial charge in [0.2, 0.25) is 5.91 Å². The van der Waals surface area contributed by atoms with Crippen molar-refractivity contribution in [2.75, 3.05) is 33.3 Å². The van der Waals surface area contributed by atoms with Gasteiger partial charge in [0.25, 0.3) is 0 Å². The lowest BCUT2D eigenvalue weighted by molar-refractivity contribution is -0.132. The third-order valence-electron chi connectivity index (χ3n) is 5.14. The fourth-order valence-electron chi connectivity index (χ4n) is 3.46. The van der Waals surface area contributed by atoms with Gasteiger partial charge in [0.1, 0.15) is 5.75 Å². The minimum atomic E-state index is 0.156. The van der Waals surface area contributed by atoms with Gasteiger partial charge in [-0.25, -0.2) is 0 Å². The van der Waals surface area contributed by atoms with E-state index < -0.39 is 0 Å². The van der Waals surface area contributed by atoms with Crippen LogP contribution in [0.3, 0.4) is 0 Å². The standard InChI is InChI=1S/C21H24N6O2/c1-29-19-9-7-17(8-10-19)15-21(28)26-13-11-25(12-14-26)16-20-22-23-24-27(20)18-5-3-2-4-6-18/h2-10H,11-16H2,1H3. The van der Waals surface area contributed by atoms with E-state index in [1.807, 2.05) is 59.5 Å². The Labute approximate surface area is 169 Å². The van der Waals surface area contributed by atoms with E-state index >= 15 is 0 Å². The number of carbonyl (C=O) groups is 1. The zero-order valence-corrected chi connectivity index (χ0v) is 16.4. The number of methoxy groups -OCH3 is 1. The Morgan fingerprint density at radius 3 is 2.41 bits per heavy atom. The smallest absolute Gasteiger partial charge is 0.227 e. The zero-order valence-electron chi connectivity index (χ0n) is 16.4. The molecule has 8 heteroatoms. The molecule has 8 nitrogen and oxygen atoms in total. The van der Waals surface area contributed by atoms with Crippen LogP contribution in [0.15, 0.2) is 54.6 Å². The highest BCUT2D eigenvalue weighted by molar-refractivity contribution is 5.79. The Morgan fingerprint density at radius 1 is 1.00 bits per heavy atom. The molecule has 0 saturated carbocycles. The van der Waals surface area contributed by atoms with Crippen molar-refractivity contribution < 1.29 is 9.53 Å². The van der Waals surface area contributed by atoms with E-state index in [2.05, 4.69) is 20.4 Å². The Morgan fingerprint density at radius 2 is 1.72 bits per heavy atom. The number of hydrogen-bond acceptors (Lipinski definition) is 6. The van der Waals surface area contributed by atoms with Crippen LogP contribution in [0, 0.1) is 0 Å². The molecule has 150 valence electrons. The molecule has 1 amide bonds. The van der Waals surface area contributed by atoms with Crippen molar-refractivity contribution in [3.8, 4) is 11.4 Å². The van der Waals surface area contributed by atoms with Crippen LogP contribution >= 0.6 is 0 Å². The van der Waals surface area contributed by atoms with Crippen LogP contribution in [-0.2, 0) is 17.8 Å². The van der Waals surface area contributed by atoms with Crippen LogP contribution in [0.25, 0.3) is 5.69 Å². The number of piperazine rings is 1. The third-order valence-corrected chi connectivity index (χ3v) is 5.14. The second-order valence-corrected chi connectivity index (χ2v) is 7.02. The second-order valence-electron chi connectivity index (χ2n) is 7.02. The Kier molecular flexibility index (Phi) is 5.81. The van der Waals surface area contributed by atoms with Gasteiger partial charge in [-0.15, -0.1) is 5.10 Å². The summed E-state index contributed by atoms with van der Waals surface area (Å²) in [4.78, 5) is 16.8. The lowest BCUT2D eigenvalue weighted by atomic mass is 10.1. The van der Waals surface area contributed by atoms with Crippen molar-refractivity contribution in [1.29, 1.82) is 0 Å². The SMILES string of the molecule is COc1ccc(CC(=O)N2CCN(Cc3nnnn3-c3ccccc3)CC2)cc1. The number of benzene rings is 2. The average molecular weight is 392 g/mol. The summed E-state index contributed by atoms with van der Waals surface area (Å²) in [7, 11) is 1.64. The van der Waals surface area contributed by atoms with E-state index in [0.29, 0.717) is 26.1 Å². The first kappa shape index (κ1) is 19.1. The lowest BCUT2D eigenvalue weighted by Gasteiger charge is -2.34. The number of aromatic nitrogens is 4. The fraction of sp³-hybridized carbons (Fsp3) is 0.333. The predicted octanol–water partition coefficient (Wildman–Crippen LogP) is 1.56. The highest BCUT2D eigenvalue weighted by Gasteiger charge is 2.23. The maximum absolute atomic E-state index is 12.6. The molecule has 1 aliphatic rings. The van der Waals surface area contributed by atoms with E-state index in [0.717, 1.165) is 35.9 Å². The molecule has 3 aromatic rings. The molecule has 1 aliphatic heterocycles. The summed E-state index contributed by atoms with van der Waals surface area (Å²) in [5, 5.41) is 12.1. The molecule has 0 unspecified atom stereocenters. The molecule has 0 atom stereocenters. The first-order chi connectivity index (χ1) is 14.2. The summed E-state index contributed by atoms with van der Waals surface area (Å²) in [5.74, 6) is 1.76. The topological polar surface area (TPSA) is 76.4 Å². The van der Waals surface area contributed by atoms with Crippen molar-refractivity contribution >= 4 is 5.91 Å². The van der Waals surface area contributed by atoms with Crippen LogP contribution in [0.5, 0.6) is 5.75 Å². The fourth-order valence-corrected chi connectivity index (χ4v) is 3.46. The normalized spacial score (nSPS) is 14.7. The summed E-state index contributed by atoms with van der Waals surface area (Å²) < 4.78 is 6.93. The number of hydrogen-bond donors (Lipinski definition) is 0. The summed E-state index contributed by atoms with van der Waals surface area (Å²) in [6.07, 6.45) is 0.413. The van der Waals surface area contributed by atoms with Crippen LogP contribution in [0.4, 0.5) is 0 Å². The molecule has 0 spiro atoms. The van der Waals surface area contributed by atoms with Crippen LogP contribution in [0.1, 0.15) is 11.4 Å². The van der Waals surface area contributed by atoms with E-state index in [9.17, 15) is 4.79 Å². The highest BCUT2D eigenvalue weighted by Crippen LogP contribution is 2.14. The van der Waals surface area contributed by atoms with E-state index in [4.69, 9.17) is 4.74 Å². The monoisotopic (exact) mass is 392 g/mol. The number of carbonyl (C=O) groups excluding carboxylic acids is 1. The van der Waals surface area contributed by atoms with Crippen molar-refractivity contribution in [1.82, 2.24) is 30.0 Å². The number of amides is 1. The summed E-state index contributed by atoms with van der Waals surface area (Å²) in [6.45, 7) is 3.68. The van der Waals surface area contributed by atoms with E-state index in [-0.39, 0.29) is 5.91 Å². The summed E-state index contributed by atoms with van der Waals surface area (Å²) in [5.41, 5.74) is 1.95. The second kappa shape index (κ2) is 8.83. The largest absolute Gasteiger partial charge is 0.497 e. The first-order valence-electron chi connectivity index (χ1n) is 9.68. The third kappa shape index (κ3) is 4.60. The number of para-hydroxylation sites is 1. The molecule has 2 heterocycles. The Balaban J connectivity index is 1.31. The van der Waals surface area contributed by atoms with Gasteiger partial charge in [0.05, 0.1) is 25.8 Å². The highest BCUT2D eigenvalue weighted by atomic mass is 16.5. The van der Waals surface area contributed by atoms with Crippen LogP contribution in [0.2, 0.25) is 0 Å². The lowest BCUT2D eigenvalue weighted by Crippen LogP contribution is -2.48. The van der Waals surface area contributed by atoms with E-state index in [1.165, 1.54) is 0 Å². The Hall–Kier alpha value is -3.26. The molecule has 1 aromatic heterocycles. The molecular formula is C21H24N6O2. The number of ether oxygens (including phenoxy) is 1. The maximum atomic E-state index is 12.6. The van der Waals surface area contributed by atoms with Gasteiger partial charge in [0, 0.05) is 26.2 Å². The molecule has 0 radical (unpaired) electrons. The minimum absolute atomic E-state index is 0.156. The Bertz CT molecular complexity index is 933. The summed E-state index contributed by atoms with van der Waals surface area (Å²) in [6, 6.07) is 17.5. The molecule has 4 rings (SSSR count). The van der Waals surface area contributed by atoms with Gasteiger partial charge >= 0.3 is 0 Å². The van der Waals surface area contributed by atoms with Crippen molar-refractivity contribution in [3.05, 3.63) is 66.0 Å². The molecule has 1 fully saturated rings. The van der Waals surface area contributed by atoms with Crippen molar-refractivity contribution in [2.45, 2.75) is 13.0 Å². The molecule has 2 aromatic carbocycles. The molecule has 29 heavy (non-hydrogen) atoms. The predicted molar refractivity (Wildman–Crippen MR) is 108 cm³/mol. The zero-order chi connectivity index (χ0) is 20.1. The van der Waals surface area contributed by atoms with Gasteiger partial charge < -0.3 is 9.64 Å². The number of tetrazole rings is 1. The molecule has 0 bridgehead atoms. The molecular weight excluding hydrogens is 368 g/mol.